The van der Waals surface area contributed by atoms with Crippen molar-refractivity contribution in [3.8, 4) is 0 Å². The molecule has 0 saturated carbocycles. The third-order valence-electron chi connectivity index (χ3n) is 1.82. The highest BCUT2D eigenvalue weighted by atomic mass is 16.5. The van der Waals surface area contributed by atoms with Crippen LogP contribution in [-0.2, 0) is 9.53 Å². The van der Waals surface area contributed by atoms with E-state index in [0.717, 1.165) is 6.42 Å². The fraction of sp³-hybridized carbons (Fsp3) is 0.889. The zero-order valence-corrected chi connectivity index (χ0v) is 8.04. The summed E-state index contributed by atoms with van der Waals surface area (Å²) in [5.74, 6) is -0.705. The zero-order chi connectivity index (χ0) is 9.56. The van der Waals surface area contributed by atoms with E-state index < -0.39 is 12.0 Å². The maximum Gasteiger partial charge on any atom is 0.311 e. The van der Waals surface area contributed by atoms with E-state index in [1.54, 1.807) is 13.8 Å². The number of esters is 1. The molecule has 0 heterocycles. The van der Waals surface area contributed by atoms with Gasteiger partial charge in [-0.25, -0.2) is 0 Å². The van der Waals surface area contributed by atoms with Crippen LogP contribution < -0.4 is 0 Å². The minimum absolute atomic E-state index is 0.307. The van der Waals surface area contributed by atoms with Crippen LogP contribution >= 0.6 is 0 Å². The SMILES string of the molecule is CCC[C@@H](O)[C@@H](C)C(=O)OCC. The Morgan fingerprint density at radius 2 is 2.08 bits per heavy atom. The first kappa shape index (κ1) is 11.4. The fourth-order valence-electron chi connectivity index (χ4n) is 0.977. The Morgan fingerprint density at radius 3 is 2.50 bits per heavy atom. The van der Waals surface area contributed by atoms with Gasteiger partial charge in [0.15, 0.2) is 0 Å². The highest BCUT2D eigenvalue weighted by molar-refractivity contribution is 5.72. The van der Waals surface area contributed by atoms with Crippen molar-refractivity contribution < 1.29 is 14.6 Å². The Balaban J connectivity index is 3.82. The topological polar surface area (TPSA) is 46.5 Å². The standard InChI is InChI=1S/C9H18O3/c1-4-6-8(10)7(3)9(11)12-5-2/h7-8,10H,4-6H2,1-3H3/t7-,8-/m1/s1. The predicted octanol–water partition coefficient (Wildman–Crippen LogP) is 1.35. The molecule has 0 radical (unpaired) electrons. The van der Waals surface area contributed by atoms with Crippen molar-refractivity contribution in [2.24, 2.45) is 5.92 Å². The molecule has 12 heavy (non-hydrogen) atoms. The fourth-order valence-corrected chi connectivity index (χ4v) is 0.977. The number of aliphatic hydroxyl groups is 1. The molecular weight excluding hydrogens is 156 g/mol. The van der Waals surface area contributed by atoms with Crippen LogP contribution in [0.1, 0.15) is 33.6 Å². The largest absolute Gasteiger partial charge is 0.466 e. The highest BCUT2D eigenvalue weighted by Crippen LogP contribution is 2.10. The van der Waals surface area contributed by atoms with Crippen LogP contribution in [0.2, 0.25) is 0 Å². The molecule has 1 N–H and O–H groups in total. The molecule has 0 aliphatic rings. The molecule has 72 valence electrons. The van der Waals surface area contributed by atoms with Gasteiger partial charge < -0.3 is 9.84 Å². The number of aliphatic hydroxyl groups excluding tert-OH is 1. The zero-order valence-electron chi connectivity index (χ0n) is 8.04. The molecule has 3 heteroatoms. The van der Waals surface area contributed by atoms with Crippen LogP contribution in [0.3, 0.4) is 0 Å². The first-order valence-electron chi connectivity index (χ1n) is 4.48. The van der Waals surface area contributed by atoms with E-state index in [2.05, 4.69) is 0 Å². The second-order valence-electron chi connectivity index (χ2n) is 2.90. The van der Waals surface area contributed by atoms with E-state index in [1.165, 1.54) is 0 Å². The highest BCUT2D eigenvalue weighted by Gasteiger charge is 2.21. The Morgan fingerprint density at radius 1 is 1.50 bits per heavy atom. The van der Waals surface area contributed by atoms with Crippen molar-refractivity contribution in [3.05, 3.63) is 0 Å². The quantitative estimate of drug-likeness (QED) is 0.640. The third kappa shape index (κ3) is 3.72. The lowest BCUT2D eigenvalue weighted by atomic mass is 10.0. The van der Waals surface area contributed by atoms with Crippen LogP contribution in [0.5, 0.6) is 0 Å². The molecule has 0 aliphatic carbocycles. The smallest absolute Gasteiger partial charge is 0.311 e. The molecule has 0 aromatic carbocycles. The van der Waals surface area contributed by atoms with E-state index in [1.807, 2.05) is 6.92 Å². The molecule has 0 amide bonds. The lowest BCUT2D eigenvalue weighted by molar-refractivity contribution is -0.151. The van der Waals surface area contributed by atoms with Gasteiger partial charge in [0.1, 0.15) is 0 Å². The van der Waals surface area contributed by atoms with Gasteiger partial charge in [-0.2, -0.15) is 0 Å². The van der Waals surface area contributed by atoms with Gasteiger partial charge in [0.25, 0.3) is 0 Å². The molecule has 0 aromatic heterocycles. The number of carbonyl (C=O) groups is 1. The Labute approximate surface area is 73.7 Å². The number of carbonyl (C=O) groups excluding carboxylic acids is 1. The number of rotatable bonds is 5. The van der Waals surface area contributed by atoms with Crippen LogP contribution in [0.25, 0.3) is 0 Å². The van der Waals surface area contributed by atoms with Gasteiger partial charge in [0.2, 0.25) is 0 Å². The second-order valence-corrected chi connectivity index (χ2v) is 2.90. The summed E-state index contributed by atoms with van der Waals surface area (Å²) in [5.41, 5.74) is 0. The molecule has 0 aromatic rings. The predicted molar refractivity (Wildman–Crippen MR) is 46.7 cm³/mol. The number of hydrogen-bond donors (Lipinski definition) is 1. The average Bonchev–Trinajstić information content (AvgIpc) is 2.04. The Hall–Kier alpha value is -0.570. The van der Waals surface area contributed by atoms with Gasteiger partial charge >= 0.3 is 5.97 Å². The van der Waals surface area contributed by atoms with Crippen molar-refractivity contribution in [3.63, 3.8) is 0 Å². The minimum atomic E-state index is -0.561. The molecule has 0 spiro atoms. The lowest BCUT2D eigenvalue weighted by Crippen LogP contribution is -2.27. The number of hydrogen-bond acceptors (Lipinski definition) is 3. The molecular formula is C9H18O3. The van der Waals surface area contributed by atoms with E-state index in [-0.39, 0.29) is 5.97 Å². The molecule has 0 fully saturated rings. The molecule has 0 unspecified atom stereocenters. The van der Waals surface area contributed by atoms with Gasteiger partial charge in [-0.1, -0.05) is 13.3 Å². The van der Waals surface area contributed by atoms with Crippen LogP contribution in [0.15, 0.2) is 0 Å². The van der Waals surface area contributed by atoms with Gasteiger partial charge in [-0.05, 0) is 20.3 Å². The first-order valence-corrected chi connectivity index (χ1v) is 4.48. The van der Waals surface area contributed by atoms with Gasteiger partial charge in [-0.3, -0.25) is 4.79 Å². The molecule has 2 atom stereocenters. The number of ether oxygens (including phenoxy) is 1. The molecule has 0 saturated heterocycles. The monoisotopic (exact) mass is 174 g/mol. The molecule has 3 nitrogen and oxygen atoms in total. The molecule has 0 bridgehead atoms. The summed E-state index contributed by atoms with van der Waals surface area (Å²) in [6.45, 7) is 5.80. The Kier molecular flexibility index (Phi) is 5.72. The summed E-state index contributed by atoms with van der Waals surface area (Å²) in [4.78, 5) is 11.1. The maximum atomic E-state index is 11.1. The van der Waals surface area contributed by atoms with Crippen molar-refractivity contribution in [1.29, 1.82) is 0 Å². The van der Waals surface area contributed by atoms with E-state index in [9.17, 15) is 9.90 Å². The van der Waals surface area contributed by atoms with E-state index >= 15 is 0 Å². The van der Waals surface area contributed by atoms with E-state index in [0.29, 0.717) is 13.0 Å². The first-order chi connectivity index (χ1) is 5.63. The summed E-state index contributed by atoms with van der Waals surface area (Å²) >= 11 is 0. The van der Waals surface area contributed by atoms with Gasteiger partial charge in [0, 0.05) is 0 Å². The van der Waals surface area contributed by atoms with Crippen molar-refractivity contribution in [1.82, 2.24) is 0 Å². The average molecular weight is 174 g/mol. The normalized spacial score (nSPS) is 15.3. The van der Waals surface area contributed by atoms with E-state index in [4.69, 9.17) is 4.74 Å². The van der Waals surface area contributed by atoms with Crippen molar-refractivity contribution in [2.45, 2.75) is 39.7 Å². The van der Waals surface area contributed by atoms with Gasteiger partial charge in [0.05, 0.1) is 18.6 Å². The summed E-state index contributed by atoms with van der Waals surface area (Å²) in [7, 11) is 0. The Bertz CT molecular complexity index is 134. The second kappa shape index (κ2) is 6.00. The minimum Gasteiger partial charge on any atom is -0.466 e. The van der Waals surface area contributed by atoms with Crippen molar-refractivity contribution >= 4 is 5.97 Å². The van der Waals surface area contributed by atoms with Gasteiger partial charge in [-0.15, -0.1) is 0 Å². The van der Waals surface area contributed by atoms with Crippen LogP contribution in [0, 0.1) is 5.92 Å². The maximum absolute atomic E-state index is 11.1. The molecule has 0 aliphatic heterocycles. The molecule has 0 rings (SSSR count). The van der Waals surface area contributed by atoms with Crippen LogP contribution in [-0.4, -0.2) is 23.8 Å². The summed E-state index contributed by atoms with van der Waals surface area (Å²) in [5, 5.41) is 9.41. The van der Waals surface area contributed by atoms with Crippen LogP contribution in [0.4, 0.5) is 0 Å². The lowest BCUT2D eigenvalue weighted by Gasteiger charge is -2.16. The summed E-state index contributed by atoms with van der Waals surface area (Å²) < 4.78 is 4.77. The summed E-state index contributed by atoms with van der Waals surface area (Å²) in [6, 6.07) is 0. The third-order valence-corrected chi connectivity index (χ3v) is 1.82. The summed E-state index contributed by atoms with van der Waals surface area (Å²) in [6.07, 6.45) is 0.972. The van der Waals surface area contributed by atoms with Crippen molar-refractivity contribution in [2.75, 3.05) is 6.61 Å².